The van der Waals surface area contributed by atoms with Gasteiger partial charge in [-0.3, -0.25) is 0 Å². The van der Waals surface area contributed by atoms with E-state index in [4.69, 9.17) is 0 Å². The Morgan fingerprint density at radius 3 is 0.850 bits per heavy atom. The predicted molar refractivity (Wildman–Crippen MR) is 80.6 cm³/mol. The quantitative estimate of drug-likeness (QED) is 0.343. The van der Waals surface area contributed by atoms with Crippen LogP contribution in [-0.4, -0.2) is 0 Å². The van der Waals surface area contributed by atoms with Crippen molar-refractivity contribution in [3.05, 3.63) is 0 Å². The molecule has 0 aliphatic rings. The summed E-state index contributed by atoms with van der Waals surface area (Å²) in [5, 5.41) is 4.29. The Morgan fingerprint density at radius 2 is 0.850 bits per heavy atom. The van der Waals surface area contributed by atoms with E-state index in [-0.39, 0.29) is 0 Å². The summed E-state index contributed by atoms with van der Waals surface area (Å²) < 4.78 is 0. The molecular weight excluding hydrogens is 467 g/mol. The molecule has 20 heavy (non-hydrogen) atoms. The first kappa shape index (κ1) is 30.6. The van der Waals surface area contributed by atoms with Crippen LogP contribution in [0.2, 0.25) is 15.0 Å². The minimum Gasteiger partial charge on any atom is -0.850 e. The summed E-state index contributed by atoms with van der Waals surface area (Å²) >= 11 is 11.7. The maximum Gasteiger partial charge on any atom is -0.160 e. The maximum absolute atomic E-state index is 9.29. The molecule has 2 nitrogen and oxygen atoms in total. The van der Waals surface area contributed by atoms with Gasteiger partial charge in [-0.15, -0.1) is 0 Å². The van der Waals surface area contributed by atoms with Gasteiger partial charge in [-0.2, -0.15) is 11.8 Å². The molecular formula is C12H27O2PS2Zn3. The maximum atomic E-state index is 9.29. The molecule has 0 atom stereocenters. The standard InChI is InChI=1S/3C4H9.H3O2PS2.3Zn/c3*1-4(2)3;1-3(2,4)5;;;/h3*4H,1H2,2-3H3;(H3,1,2,4,5);;;/q;;;;3*+1/p-3. The molecule has 0 fully saturated rings. The topological polar surface area (TPSA) is 46.1 Å². The van der Waals surface area contributed by atoms with Gasteiger partial charge in [-0.25, -0.2) is 0 Å². The molecule has 0 bridgehead atoms. The SMILES string of the molecule is CC(C)[CH2][Zn+].CC(C)[CH2][Zn+].CC(C)[CH2][Zn+].[O-]P([O-])(=S)[S-]. The fourth-order valence-electron chi connectivity index (χ4n) is 0. The second-order valence-corrected chi connectivity index (χ2v) is 13.6. The molecule has 0 aromatic carbocycles. The van der Waals surface area contributed by atoms with Crippen molar-refractivity contribution in [3.63, 3.8) is 0 Å². The van der Waals surface area contributed by atoms with Crippen LogP contribution in [0, 0.1) is 17.8 Å². The molecule has 8 heteroatoms. The van der Waals surface area contributed by atoms with Crippen molar-refractivity contribution in [3.8, 4) is 0 Å². The van der Waals surface area contributed by atoms with Crippen molar-refractivity contribution in [2.45, 2.75) is 56.6 Å². The van der Waals surface area contributed by atoms with Crippen molar-refractivity contribution in [1.29, 1.82) is 0 Å². The number of rotatable bonds is 3. The van der Waals surface area contributed by atoms with Crippen molar-refractivity contribution >= 4 is 29.7 Å². The smallest absolute Gasteiger partial charge is 0.160 e. The van der Waals surface area contributed by atoms with Crippen LogP contribution in [0.3, 0.4) is 0 Å². The van der Waals surface area contributed by atoms with E-state index >= 15 is 0 Å². The van der Waals surface area contributed by atoms with Crippen LogP contribution in [0.25, 0.3) is 0 Å². The second kappa shape index (κ2) is 21.8. The molecule has 0 saturated heterocycles. The first-order valence-electron chi connectivity index (χ1n) is 6.92. The van der Waals surface area contributed by atoms with Crippen molar-refractivity contribution in [2.24, 2.45) is 17.8 Å². The Labute approximate surface area is 167 Å². The third-order valence-electron chi connectivity index (χ3n) is 1.73. The summed E-state index contributed by atoms with van der Waals surface area (Å²) in [6.45, 7) is 13.5. The Morgan fingerprint density at radius 1 is 0.800 bits per heavy atom. The van der Waals surface area contributed by atoms with Crippen LogP contribution in [-0.2, 0) is 79.0 Å². The van der Waals surface area contributed by atoms with Crippen LogP contribution in [0.1, 0.15) is 41.5 Å². The van der Waals surface area contributed by atoms with Gasteiger partial charge >= 0.3 is 129 Å². The third kappa shape index (κ3) is 105. The Balaban J connectivity index is -0.0000000853. The zero-order valence-electron chi connectivity index (χ0n) is 14.1. The molecule has 0 radical (unpaired) electrons. The van der Waals surface area contributed by atoms with E-state index in [0.29, 0.717) is 0 Å². The molecule has 0 aromatic rings. The summed E-state index contributed by atoms with van der Waals surface area (Å²) in [5.41, 5.74) is -3.72. The minimum atomic E-state index is -3.72. The molecule has 0 heterocycles. The zero-order valence-corrected chi connectivity index (χ0v) is 25.5. The van der Waals surface area contributed by atoms with E-state index in [9.17, 15) is 9.79 Å². The summed E-state index contributed by atoms with van der Waals surface area (Å²) in [4.78, 5) is 18.6. The van der Waals surface area contributed by atoms with Crippen molar-refractivity contribution < 1.29 is 64.7 Å². The summed E-state index contributed by atoms with van der Waals surface area (Å²) in [6, 6.07) is 0. The molecule has 0 N–H and O–H groups in total. The van der Waals surface area contributed by atoms with Gasteiger partial charge in [0.1, 0.15) is 0 Å². The molecule has 0 unspecified atom stereocenters. The zero-order chi connectivity index (χ0) is 17.4. The molecule has 0 amide bonds. The van der Waals surface area contributed by atoms with Crippen LogP contribution >= 0.6 is 5.69 Å². The van der Waals surface area contributed by atoms with Gasteiger partial charge in [0.2, 0.25) is 0 Å². The fraction of sp³-hybridized carbons (Fsp3) is 1.00. The third-order valence-corrected chi connectivity index (χ3v) is 9.00. The fourth-order valence-corrected chi connectivity index (χ4v) is 0. The van der Waals surface area contributed by atoms with Crippen LogP contribution < -0.4 is 9.79 Å². The van der Waals surface area contributed by atoms with Crippen LogP contribution in [0.15, 0.2) is 0 Å². The molecule has 0 rings (SSSR count). The minimum absolute atomic E-state index is 0.940. The van der Waals surface area contributed by atoms with Crippen molar-refractivity contribution in [2.75, 3.05) is 0 Å². The van der Waals surface area contributed by atoms with E-state index in [1.807, 2.05) is 0 Å². The van der Waals surface area contributed by atoms with E-state index in [1.165, 1.54) is 70.0 Å². The van der Waals surface area contributed by atoms with E-state index in [1.54, 1.807) is 0 Å². The first-order chi connectivity index (χ1) is 8.81. The summed E-state index contributed by atoms with van der Waals surface area (Å²) in [5.74, 6) is 2.82. The van der Waals surface area contributed by atoms with Gasteiger partial charge in [0.05, 0.1) is 0 Å². The Kier molecular flexibility index (Phi) is 33.4. The number of hydrogen-bond donors (Lipinski definition) is 0. The average Bonchev–Trinajstić information content (AvgIpc) is 2.28. The first-order valence-corrected chi connectivity index (χ1v) is 16.9. The van der Waals surface area contributed by atoms with E-state index in [0.717, 1.165) is 17.8 Å². The van der Waals surface area contributed by atoms with E-state index in [2.05, 4.69) is 65.6 Å². The Hall–Kier alpha value is 2.79. The molecule has 0 spiro atoms. The normalized spacial score (nSPS) is 10.3. The van der Waals surface area contributed by atoms with Gasteiger partial charge in [-0.05, 0) is 0 Å². The molecule has 0 aliphatic heterocycles. The van der Waals surface area contributed by atoms with Gasteiger partial charge < -0.3 is 27.7 Å². The molecule has 0 saturated carbocycles. The van der Waals surface area contributed by atoms with Crippen molar-refractivity contribution in [1.82, 2.24) is 0 Å². The molecule has 0 aromatic heterocycles. The second-order valence-electron chi connectivity index (χ2n) is 5.49. The van der Waals surface area contributed by atoms with Crippen LogP contribution in [0.4, 0.5) is 0 Å². The summed E-state index contributed by atoms with van der Waals surface area (Å²) in [6.07, 6.45) is 0. The van der Waals surface area contributed by atoms with Gasteiger partial charge in [0.25, 0.3) is 0 Å². The largest absolute Gasteiger partial charge is 0.850 e. The monoisotopic (exact) mass is 490 g/mol. The number of hydrogen-bond acceptors (Lipinski definition) is 4. The Bertz CT molecular complexity index is 186. The van der Waals surface area contributed by atoms with Gasteiger partial charge in [0.15, 0.2) is 0 Å². The molecule has 110 valence electrons. The van der Waals surface area contributed by atoms with Gasteiger partial charge in [-0.1, -0.05) is 0 Å². The average molecular weight is 495 g/mol. The van der Waals surface area contributed by atoms with E-state index < -0.39 is 5.69 Å². The van der Waals surface area contributed by atoms with Gasteiger partial charge in [0, 0.05) is 0 Å². The van der Waals surface area contributed by atoms with Crippen LogP contribution in [0.5, 0.6) is 0 Å². The summed E-state index contributed by atoms with van der Waals surface area (Å²) in [7, 11) is 0. The molecule has 0 aliphatic carbocycles. The predicted octanol–water partition coefficient (Wildman–Crippen LogP) is 3.30.